The lowest BCUT2D eigenvalue weighted by Crippen LogP contribution is -2.18. The summed E-state index contributed by atoms with van der Waals surface area (Å²) in [6, 6.07) is 24.5. The van der Waals surface area contributed by atoms with E-state index in [1.165, 1.54) is 12.1 Å². The van der Waals surface area contributed by atoms with E-state index in [2.05, 4.69) is 31.9 Å². The molecule has 0 aliphatic heterocycles. The molecule has 0 saturated heterocycles. The minimum Gasteiger partial charge on any atom is -0.200 e. The molecule has 4 aromatic rings. The molecule has 0 atom stereocenters. The predicted molar refractivity (Wildman–Crippen MR) is 114 cm³/mol. The van der Waals surface area contributed by atoms with Crippen LogP contribution < -0.4 is 4.83 Å². The number of hydrogen-bond acceptors (Lipinski definition) is 3. The summed E-state index contributed by atoms with van der Waals surface area (Å²) in [7, 11) is -3.72. The van der Waals surface area contributed by atoms with E-state index in [4.69, 9.17) is 0 Å². The van der Waals surface area contributed by atoms with Crippen LogP contribution >= 0.6 is 15.9 Å². The summed E-state index contributed by atoms with van der Waals surface area (Å²) in [6.45, 7) is 0. The van der Waals surface area contributed by atoms with Crippen molar-refractivity contribution in [2.45, 2.75) is 4.90 Å². The van der Waals surface area contributed by atoms with E-state index in [1.54, 1.807) is 18.3 Å². The van der Waals surface area contributed by atoms with Crippen LogP contribution in [0.25, 0.3) is 21.5 Å². The summed E-state index contributed by atoms with van der Waals surface area (Å²) >= 11 is 3.30. The third-order valence-corrected chi connectivity index (χ3v) is 6.07. The normalized spacial score (nSPS) is 12.0. The van der Waals surface area contributed by atoms with E-state index in [-0.39, 0.29) is 4.90 Å². The molecule has 0 spiro atoms. The van der Waals surface area contributed by atoms with Gasteiger partial charge in [0.15, 0.2) is 0 Å². The lowest BCUT2D eigenvalue weighted by atomic mass is 9.97. The number of sulfonamides is 1. The van der Waals surface area contributed by atoms with Gasteiger partial charge in [0, 0.05) is 10.0 Å². The molecule has 4 nitrogen and oxygen atoms in total. The van der Waals surface area contributed by atoms with Gasteiger partial charge < -0.3 is 0 Å². The molecule has 0 aliphatic rings. The van der Waals surface area contributed by atoms with Crippen LogP contribution in [-0.4, -0.2) is 14.6 Å². The monoisotopic (exact) mass is 438 g/mol. The van der Waals surface area contributed by atoms with Gasteiger partial charge in [-0.05, 0) is 51.9 Å². The minimum absolute atomic E-state index is 0.158. The van der Waals surface area contributed by atoms with Crippen LogP contribution in [0.3, 0.4) is 0 Å². The number of nitrogens with one attached hydrogen (secondary N) is 1. The van der Waals surface area contributed by atoms with Crippen molar-refractivity contribution in [1.82, 2.24) is 4.83 Å². The topological polar surface area (TPSA) is 58.5 Å². The van der Waals surface area contributed by atoms with Crippen LogP contribution in [0.15, 0.2) is 93.3 Å². The van der Waals surface area contributed by atoms with Crippen molar-refractivity contribution in [3.8, 4) is 0 Å². The standard InChI is InChI=1S/C21H15BrN2O2S/c22-17-9-11-18(12-10-17)27(25,26)24-23-14-21-19-7-3-1-5-15(19)13-16-6-2-4-8-20(16)21/h1-14,24H. The Bertz CT molecular complexity index is 1210. The quantitative estimate of drug-likeness (QED) is 0.274. The van der Waals surface area contributed by atoms with Gasteiger partial charge >= 0.3 is 0 Å². The van der Waals surface area contributed by atoms with Crippen LogP contribution in [-0.2, 0) is 10.0 Å². The van der Waals surface area contributed by atoms with Crippen molar-refractivity contribution >= 4 is 53.7 Å². The number of rotatable bonds is 4. The average Bonchev–Trinajstić information content (AvgIpc) is 2.67. The smallest absolute Gasteiger partial charge is 0.200 e. The second-order valence-corrected chi connectivity index (χ2v) is 8.62. The second-order valence-electron chi connectivity index (χ2n) is 6.04. The first-order chi connectivity index (χ1) is 13.0. The van der Waals surface area contributed by atoms with E-state index < -0.39 is 10.0 Å². The molecular weight excluding hydrogens is 424 g/mol. The molecule has 27 heavy (non-hydrogen) atoms. The van der Waals surface area contributed by atoms with Crippen molar-refractivity contribution in [3.05, 3.63) is 88.9 Å². The molecule has 0 amide bonds. The van der Waals surface area contributed by atoms with Crippen molar-refractivity contribution in [2.24, 2.45) is 5.10 Å². The zero-order valence-electron chi connectivity index (χ0n) is 14.1. The largest absolute Gasteiger partial charge is 0.276 e. The highest BCUT2D eigenvalue weighted by Crippen LogP contribution is 2.27. The Balaban J connectivity index is 1.75. The Kier molecular flexibility index (Phi) is 4.68. The average molecular weight is 439 g/mol. The molecule has 134 valence electrons. The van der Waals surface area contributed by atoms with Gasteiger partial charge in [-0.15, -0.1) is 0 Å². The number of hydrazone groups is 1. The summed E-state index contributed by atoms with van der Waals surface area (Å²) in [5, 5.41) is 8.23. The third-order valence-electron chi connectivity index (χ3n) is 4.30. The fraction of sp³-hybridized carbons (Fsp3) is 0. The van der Waals surface area contributed by atoms with Crippen molar-refractivity contribution < 1.29 is 8.42 Å². The molecule has 0 aromatic heterocycles. The Morgan fingerprint density at radius 1 is 0.815 bits per heavy atom. The van der Waals surface area contributed by atoms with Crippen LogP contribution in [0.2, 0.25) is 0 Å². The zero-order chi connectivity index (χ0) is 18.9. The van der Waals surface area contributed by atoms with Gasteiger partial charge in [-0.2, -0.15) is 13.5 Å². The predicted octanol–water partition coefficient (Wildman–Crippen LogP) is 5.07. The van der Waals surface area contributed by atoms with Gasteiger partial charge in [0.05, 0.1) is 11.1 Å². The van der Waals surface area contributed by atoms with Gasteiger partial charge in [0.25, 0.3) is 10.0 Å². The number of benzene rings is 4. The van der Waals surface area contributed by atoms with Gasteiger partial charge in [-0.1, -0.05) is 64.5 Å². The van der Waals surface area contributed by atoms with Crippen LogP contribution in [0.4, 0.5) is 0 Å². The SMILES string of the molecule is O=S(=O)(NN=Cc1c2ccccc2cc2ccccc12)c1ccc(Br)cc1. The van der Waals surface area contributed by atoms with E-state index >= 15 is 0 Å². The first-order valence-corrected chi connectivity index (χ1v) is 10.5. The Morgan fingerprint density at radius 2 is 1.37 bits per heavy atom. The van der Waals surface area contributed by atoms with E-state index in [9.17, 15) is 8.42 Å². The van der Waals surface area contributed by atoms with E-state index in [0.717, 1.165) is 31.6 Å². The third kappa shape index (κ3) is 3.59. The van der Waals surface area contributed by atoms with Crippen molar-refractivity contribution in [3.63, 3.8) is 0 Å². The lowest BCUT2D eigenvalue weighted by Gasteiger charge is -2.08. The van der Waals surface area contributed by atoms with Crippen molar-refractivity contribution in [1.29, 1.82) is 0 Å². The zero-order valence-corrected chi connectivity index (χ0v) is 16.5. The maximum absolute atomic E-state index is 12.4. The highest BCUT2D eigenvalue weighted by Gasteiger charge is 2.12. The summed E-state index contributed by atoms with van der Waals surface area (Å²) in [5.74, 6) is 0. The van der Waals surface area contributed by atoms with E-state index in [0.29, 0.717) is 0 Å². The van der Waals surface area contributed by atoms with Gasteiger partial charge in [-0.3, -0.25) is 0 Å². The number of nitrogens with zero attached hydrogens (tertiary/aromatic N) is 1. The molecule has 4 aromatic carbocycles. The molecule has 0 bridgehead atoms. The highest BCUT2D eigenvalue weighted by molar-refractivity contribution is 9.10. The van der Waals surface area contributed by atoms with Gasteiger partial charge in [0.2, 0.25) is 0 Å². The first kappa shape index (κ1) is 17.7. The molecule has 0 radical (unpaired) electrons. The van der Waals surface area contributed by atoms with Crippen LogP contribution in [0.1, 0.15) is 5.56 Å². The molecule has 0 saturated carbocycles. The summed E-state index contributed by atoms with van der Waals surface area (Å²) in [4.78, 5) is 2.46. The fourth-order valence-corrected chi connectivity index (χ4v) is 4.07. The lowest BCUT2D eigenvalue weighted by molar-refractivity contribution is 0.584. The molecule has 0 fully saturated rings. The molecule has 4 rings (SSSR count). The highest BCUT2D eigenvalue weighted by atomic mass is 79.9. The molecular formula is C21H15BrN2O2S. The Hall–Kier alpha value is -2.70. The molecule has 0 heterocycles. The molecule has 6 heteroatoms. The van der Waals surface area contributed by atoms with Crippen LogP contribution in [0.5, 0.6) is 0 Å². The number of fused-ring (bicyclic) bond motifs is 2. The molecule has 0 unspecified atom stereocenters. The number of halogens is 1. The first-order valence-electron chi connectivity index (χ1n) is 8.25. The maximum Gasteiger partial charge on any atom is 0.276 e. The summed E-state index contributed by atoms with van der Waals surface area (Å²) < 4.78 is 25.7. The van der Waals surface area contributed by atoms with Crippen molar-refractivity contribution in [2.75, 3.05) is 0 Å². The molecule has 1 N–H and O–H groups in total. The van der Waals surface area contributed by atoms with Gasteiger partial charge in [-0.25, -0.2) is 4.83 Å². The Labute approximate surface area is 165 Å². The minimum atomic E-state index is -3.72. The fourth-order valence-electron chi connectivity index (χ4n) is 3.01. The molecule has 0 aliphatic carbocycles. The summed E-state index contributed by atoms with van der Waals surface area (Å²) in [6.07, 6.45) is 1.57. The van der Waals surface area contributed by atoms with Crippen LogP contribution in [0, 0.1) is 0 Å². The summed E-state index contributed by atoms with van der Waals surface area (Å²) in [5.41, 5.74) is 0.877. The Morgan fingerprint density at radius 3 is 1.96 bits per heavy atom. The van der Waals surface area contributed by atoms with E-state index in [1.807, 2.05) is 48.5 Å². The second kappa shape index (κ2) is 7.13. The number of hydrogen-bond donors (Lipinski definition) is 1. The maximum atomic E-state index is 12.4. The van der Waals surface area contributed by atoms with Gasteiger partial charge in [0.1, 0.15) is 0 Å².